The van der Waals surface area contributed by atoms with Gasteiger partial charge < -0.3 is 15.4 Å². The summed E-state index contributed by atoms with van der Waals surface area (Å²) in [6, 6.07) is 18.1. The second kappa shape index (κ2) is 10.3. The summed E-state index contributed by atoms with van der Waals surface area (Å²) >= 11 is 0. The van der Waals surface area contributed by atoms with E-state index in [9.17, 15) is 9.18 Å². The van der Waals surface area contributed by atoms with E-state index in [1.54, 1.807) is 6.07 Å². The van der Waals surface area contributed by atoms with Crippen LogP contribution in [0.1, 0.15) is 49.7 Å². The van der Waals surface area contributed by atoms with Gasteiger partial charge in [0, 0.05) is 18.8 Å². The van der Waals surface area contributed by atoms with E-state index in [4.69, 9.17) is 10.5 Å². The van der Waals surface area contributed by atoms with Crippen LogP contribution in [0.4, 0.5) is 10.1 Å². The largest absolute Gasteiger partial charge is 0.453 e. The Labute approximate surface area is 189 Å². The number of pyridine rings is 1. The summed E-state index contributed by atoms with van der Waals surface area (Å²) in [5.74, 6) is -0.655. The Kier molecular flexibility index (Phi) is 7.46. The fourth-order valence-corrected chi connectivity index (χ4v) is 3.40. The maximum Gasteiger partial charge on any atom is 0.267 e. The van der Waals surface area contributed by atoms with Gasteiger partial charge in [-0.3, -0.25) is 4.79 Å². The van der Waals surface area contributed by atoms with Crippen molar-refractivity contribution in [2.45, 2.75) is 40.2 Å². The molecule has 3 aromatic rings. The molecule has 3 rings (SSSR count). The van der Waals surface area contributed by atoms with Crippen molar-refractivity contribution in [3.8, 4) is 11.5 Å². The fourth-order valence-electron chi connectivity index (χ4n) is 3.40. The number of benzene rings is 2. The van der Waals surface area contributed by atoms with Gasteiger partial charge in [-0.25, -0.2) is 9.37 Å². The number of amides is 1. The van der Waals surface area contributed by atoms with Crippen LogP contribution in [0.2, 0.25) is 0 Å². The van der Waals surface area contributed by atoms with Gasteiger partial charge in [0.15, 0.2) is 11.6 Å². The molecule has 2 N–H and O–H groups in total. The van der Waals surface area contributed by atoms with Crippen LogP contribution in [0.3, 0.4) is 0 Å². The van der Waals surface area contributed by atoms with E-state index >= 15 is 0 Å². The molecule has 0 spiro atoms. The van der Waals surface area contributed by atoms with Crippen molar-refractivity contribution >= 4 is 11.6 Å². The normalized spacial score (nSPS) is 11.2. The molecule has 2 aromatic carbocycles. The second-order valence-corrected chi connectivity index (χ2v) is 9.03. The van der Waals surface area contributed by atoms with E-state index in [0.717, 1.165) is 30.6 Å². The van der Waals surface area contributed by atoms with Crippen molar-refractivity contribution in [1.82, 2.24) is 4.98 Å². The third-order valence-electron chi connectivity index (χ3n) is 5.06. The van der Waals surface area contributed by atoms with Crippen LogP contribution in [-0.4, -0.2) is 17.4 Å². The lowest BCUT2D eigenvalue weighted by molar-refractivity contribution is 0.0995. The Morgan fingerprint density at radius 3 is 2.44 bits per heavy atom. The quantitative estimate of drug-likeness (QED) is 0.451. The van der Waals surface area contributed by atoms with Crippen molar-refractivity contribution in [2.24, 2.45) is 11.1 Å². The molecule has 0 saturated heterocycles. The highest BCUT2D eigenvalue weighted by Crippen LogP contribution is 2.27. The predicted octanol–water partition coefficient (Wildman–Crippen LogP) is 5.94. The zero-order valence-electron chi connectivity index (χ0n) is 18.8. The number of ether oxygens (including phenoxy) is 1. The minimum absolute atomic E-state index is 0.0985. The molecule has 1 aromatic heterocycles. The molecule has 32 heavy (non-hydrogen) atoms. The number of rotatable bonds is 9. The van der Waals surface area contributed by atoms with Gasteiger partial charge >= 0.3 is 0 Å². The molecule has 0 bridgehead atoms. The van der Waals surface area contributed by atoms with Crippen molar-refractivity contribution in [1.29, 1.82) is 0 Å². The minimum atomic E-state index is -0.627. The third-order valence-corrected chi connectivity index (χ3v) is 5.06. The zero-order chi connectivity index (χ0) is 23.1. The SMILES string of the molecule is CC(C)(C)CCCN(Cc1ccc(Oc2ccc(C(N)=O)nc2)c(F)c1)c1ccccc1. The van der Waals surface area contributed by atoms with Crippen LogP contribution in [0, 0.1) is 11.2 Å². The van der Waals surface area contributed by atoms with Gasteiger partial charge in [0.1, 0.15) is 11.4 Å². The van der Waals surface area contributed by atoms with Crippen molar-refractivity contribution in [2.75, 3.05) is 11.4 Å². The molecule has 1 heterocycles. The number of hydrogen-bond acceptors (Lipinski definition) is 4. The molecule has 0 atom stereocenters. The molecule has 168 valence electrons. The number of primary amides is 1. The smallest absolute Gasteiger partial charge is 0.267 e. The summed E-state index contributed by atoms with van der Waals surface area (Å²) in [6.07, 6.45) is 3.51. The molecule has 1 amide bonds. The molecule has 0 aliphatic carbocycles. The number of anilines is 1. The van der Waals surface area contributed by atoms with E-state index in [1.165, 1.54) is 24.4 Å². The first-order chi connectivity index (χ1) is 15.2. The van der Waals surface area contributed by atoms with Gasteiger partial charge in [0.05, 0.1) is 6.20 Å². The van der Waals surface area contributed by atoms with Gasteiger partial charge in [-0.05, 0) is 60.2 Å². The Bertz CT molecular complexity index is 1030. The van der Waals surface area contributed by atoms with Gasteiger partial charge in [-0.1, -0.05) is 45.0 Å². The van der Waals surface area contributed by atoms with Crippen LogP contribution in [0.15, 0.2) is 66.9 Å². The maximum absolute atomic E-state index is 14.8. The predicted molar refractivity (Wildman–Crippen MR) is 125 cm³/mol. The van der Waals surface area contributed by atoms with Crippen LogP contribution in [0.25, 0.3) is 0 Å². The molecule has 0 aliphatic heterocycles. The Morgan fingerprint density at radius 1 is 1.09 bits per heavy atom. The standard InChI is InChI=1S/C26H30FN3O2/c1-26(2,3)14-7-15-30(20-8-5-4-6-9-20)18-19-10-13-24(22(27)16-19)32-21-11-12-23(25(28)31)29-17-21/h4-6,8-13,16-17H,7,14-15,18H2,1-3H3,(H2,28,31). The molecule has 5 nitrogen and oxygen atoms in total. The van der Waals surface area contributed by atoms with Gasteiger partial charge in [-0.2, -0.15) is 0 Å². The van der Waals surface area contributed by atoms with E-state index in [2.05, 4.69) is 42.8 Å². The van der Waals surface area contributed by atoms with Gasteiger partial charge in [0.25, 0.3) is 5.91 Å². The number of halogens is 1. The number of nitrogens with zero attached hydrogens (tertiary/aromatic N) is 2. The van der Waals surface area contributed by atoms with Gasteiger partial charge in [0.2, 0.25) is 0 Å². The van der Waals surface area contributed by atoms with Crippen molar-refractivity contribution < 1.29 is 13.9 Å². The van der Waals surface area contributed by atoms with Crippen molar-refractivity contribution in [3.63, 3.8) is 0 Å². The van der Waals surface area contributed by atoms with Crippen LogP contribution >= 0.6 is 0 Å². The summed E-state index contributed by atoms with van der Waals surface area (Å²) in [7, 11) is 0. The lowest BCUT2D eigenvalue weighted by Crippen LogP contribution is -2.25. The highest BCUT2D eigenvalue weighted by Gasteiger charge is 2.14. The molecule has 0 saturated carbocycles. The molecule has 0 aliphatic rings. The van der Waals surface area contributed by atoms with Gasteiger partial charge in [-0.15, -0.1) is 0 Å². The molecule has 0 radical (unpaired) electrons. The Hall–Kier alpha value is -3.41. The van der Waals surface area contributed by atoms with E-state index in [-0.39, 0.29) is 16.9 Å². The summed E-state index contributed by atoms with van der Waals surface area (Å²) in [5, 5.41) is 0. The Balaban J connectivity index is 1.71. The third kappa shape index (κ3) is 6.80. The average Bonchev–Trinajstić information content (AvgIpc) is 2.75. The zero-order valence-corrected chi connectivity index (χ0v) is 18.8. The van der Waals surface area contributed by atoms with E-state index in [0.29, 0.717) is 12.3 Å². The molecule has 0 unspecified atom stereocenters. The lowest BCUT2D eigenvalue weighted by atomic mass is 9.90. The number of aromatic nitrogens is 1. The first kappa shape index (κ1) is 23.3. The van der Waals surface area contributed by atoms with Crippen LogP contribution in [0.5, 0.6) is 11.5 Å². The molecule has 0 fully saturated rings. The van der Waals surface area contributed by atoms with E-state index in [1.807, 2.05) is 24.3 Å². The van der Waals surface area contributed by atoms with Crippen LogP contribution < -0.4 is 15.4 Å². The highest BCUT2D eigenvalue weighted by molar-refractivity contribution is 5.90. The minimum Gasteiger partial charge on any atom is -0.453 e. The summed E-state index contributed by atoms with van der Waals surface area (Å²) in [4.78, 5) is 17.3. The lowest BCUT2D eigenvalue weighted by Gasteiger charge is -2.27. The van der Waals surface area contributed by atoms with Crippen molar-refractivity contribution in [3.05, 3.63) is 83.9 Å². The Morgan fingerprint density at radius 2 is 1.84 bits per heavy atom. The number of nitrogens with two attached hydrogens (primary N) is 1. The average molecular weight is 436 g/mol. The molecular weight excluding hydrogens is 405 g/mol. The number of hydrogen-bond donors (Lipinski definition) is 1. The first-order valence-electron chi connectivity index (χ1n) is 10.7. The topological polar surface area (TPSA) is 68.5 Å². The monoisotopic (exact) mass is 435 g/mol. The fraction of sp³-hybridized carbons (Fsp3) is 0.308. The maximum atomic E-state index is 14.8. The number of para-hydroxylation sites is 1. The molecular formula is C26H30FN3O2. The number of carbonyl (C=O) groups is 1. The summed E-state index contributed by atoms with van der Waals surface area (Å²) < 4.78 is 20.4. The second-order valence-electron chi connectivity index (χ2n) is 9.03. The van der Waals surface area contributed by atoms with Crippen LogP contribution in [-0.2, 0) is 6.54 Å². The first-order valence-corrected chi connectivity index (χ1v) is 10.7. The highest BCUT2D eigenvalue weighted by atomic mass is 19.1. The molecule has 6 heteroatoms. The summed E-state index contributed by atoms with van der Waals surface area (Å²) in [6.45, 7) is 8.21. The van der Waals surface area contributed by atoms with E-state index < -0.39 is 11.7 Å². The number of carbonyl (C=O) groups excluding carboxylic acids is 1. The summed E-state index contributed by atoms with van der Waals surface area (Å²) in [5.41, 5.74) is 7.56.